The minimum absolute atomic E-state index is 0.406. The minimum atomic E-state index is 0.406. The summed E-state index contributed by atoms with van der Waals surface area (Å²) in [7, 11) is 0. The monoisotopic (exact) mass is 358 g/mol. The number of nitrogens with zero attached hydrogens (tertiary/aromatic N) is 3. The number of nitrogens with one attached hydrogen (secondary N) is 1. The third kappa shape index (κ3) is 2.95. The van der Waals surface area contributed by atoms with E-state index in [1.165, 1.54) is 6.42 Å². The van der Waals surface area contributed by atoms with Gasteiger partial charge in [-0.25, -0.2) is 5.10 Å². The summed E-state index contributed by atoms with van der Waals surface area (Å²) in [4.78, 5) is 0. The van der Waals surface area contributed by atoms with Crippen LogP contribution in [0.4, 0.5) is 0 Å². The van der Waals surface area contributed by atoms with E-state index >= 15 is 0 Å². The van der Waals surface area contributed by atoms with Crippen molar-refractivity contribution in [3.05, 3.63) is 57.7 Å². The van der Waals surface area contributed by atoms with Gasteiger partial charge in [0, 0.05) is 16.5 Å². The van der Waals surface area contributed by atoms with Gasteiger partial charge in [0.1, 0.15) is 11.5 Å². The van der Waals surface area contributed by atoms with Crippen LogP contribution in [-0.2, 0) is 0 Å². The molecule has 0 radical (unpaired) electrons. The smallest absolute Gasteiger partial charge is 0.216 e. The number of aromatic amines is 1. The van der Waals surface area contributed by atoms with Crippen LogP contribution in [0, 0.1) is 10.7 Å². The van der Waals surface area contributed by atoms with Gasteiger partial charge in [-0.1, -0.05) is 30.7 Å². The molecule has 7 heteroatoms. The second-order valence-electron chi connectivity index (χ2n) is 5.98. The molecule has 1 saturated carbocycles. The predicted molar refractivity (Wildman–Crippen MR) is 96.1 cm³/mol. The number of hydrogen-bond donors (Lipinski definition) is 1. The van der Waals surface area contributed by atoms with Crippen LogP contribution in [0.1, 0.15) is 30.8 Å². The quantitative estimate of drug-likeness (QED) is 0.535. The zero-order valence-electron chi connectivity index (χ0n) is 12.9. The maximum absolute atomic E-state index is 6.05. The van der Waals surface area contributed by atoms with Gasteiger partial charge in [-0.05, 0) is 48.8 Å². The number of H-pyrrole nitrogens is 1. The summed E-state index contributed by atoms with van der Waals surface area (Å²) in [5.74, 6) is 3.57. The summed E-state index contributed by atoms with van der Waals surface area (Å²) in [5.41, 5.74) is 0.832. The molecule has 3 aromatic rings. The maximum Gasteiger partial charge on any atom is 0.216 e. The summed E-state index contributed by atoms with van der Waals surface area (Å²) in [6.07, 6.45) is 2.84. The lowest BCUT2D eigenvalue weighted by Crippen LogP contribution is -1.94. The van der Waals surface area contributed by atoms with Crippen molar-refractivity contribution in [2.24, 2.45) is 11.0 Å². The maximum atomic E-state index is 6.05. The lowest BCUT2D eigenvalue weighted by atomic mass is 10.2. The number of furan rings is 1. The van der Waals surface area contributed by atoms with Crippen LogP contribution < -0.4 is 0 Å². The lowest BCUT2D eigenvalue weighted by molar-refractivity contribution is 0.500. The molecule has 1 N–H and O–H groups in total. The molecule has 24 heavy (non-hydrogen) atoms. The SMILES string of the molecule is C[C@H]1C[C@H]1c1ccc(/C=N\n2c(-c3cccc(Cl)c3)n[nH]c2=S)o1. The summed E-state index contributed by atoms with van der Waals surface area (Å²) in [6, 6.07) is 11.3. The molecule has 2 aromatic heterocycles. The number of hydrogen-bond acceptors (Lipinski definition) is 4. The first-order chi connectivity index (χ1) is 11.6. The molecule has 0 bridgehead atoms. The van der Waals surface area contributed by atoms with Gasteiger partial charge in [-0.3, -0.25) is 0 Å². The zero-order valence-corrected chi connectivity index (χ0v) is 14.5. The molecule has 2 atom stereocenters. The van der Waals surface area contributed by atoms with Gasteiger partial charge in [0.2, 0.25) is 4.77 Å². The Hall–Kier alpha value is -2.18. The van der Waals surface area contributed by atoms with E-state index in [-0.39, 0.29) is 0 Å². The van der Waals surface area contributed by atoms with Gasteiger partial charge in [0.05, 0.1) is 6.21 Å². The molecule has 122 valence electrons. The highest BCUT2D eigenvalue weighted by Gasteiger charge is 2.36. The number of rotatable bonds is 4. The highest BCUT2D eigenvalue weighted by molar-refractivity contribution is 7.71. The van der Waals surface area contributed by atoms with E-state index in [0.717, 1.165) is 11.3 Å². The molecule has 0 unspecified atom stereocenters. The van der Waals surface area contributed by atoms with Crippen molar-refractivity contribution < 1.29 is 4.42 Å². The van der Waals surface area contributed by atoms with E-state index in [9.17, 15) is 0 Å². The Balaban J connectivity index is 1.64. The summed E-state index contributed by atoms with van der Waals surface area (Å²) < 4.78 is 7.80. The molecule has 1 aliphatic rings. The lowest BCUT2D eigenvalue weighted by Gasteiger charge is -2.01. The molecule has 1 fully saturated rings. The predicted octanol–water partition coefficient (Wildman–Crippen LogP) is 4.86. The molecule has 4 rings (SSSR count). The first kappa shape index (κ1) is 15.4. The van der Waals surface area contributed by atoms with Crippen LogP contribution >= 0.6 is 23.8 Å². The van der Waals surface area contributed by atoms with Crippen LogP contribution in [0.3, 0.4) is 0 Å². The first-order valence-corrected chi connectivity index (χ1v) is 8.48. The molecule has 0 aliphatic heterocycles. The Kier molecular flexibility index (Phi) is 3.86. The van der Waals surface area contributed by atoms with Crippen molar-refractivity contribution in [3.63, 3.8) is 0 Å². The Morgan fingerprint density at radius 3 is 3.00 bits per heavy atom. The van der Waals surface area contributed by atoms with E-state index in [1.54, 1.807) is 10.9 Å². The number of aromatic nitrogens is 3. The van der Waals surface area contributed by atoms with Crippen LogP contribution in [0.25, 0.3) is 11.4 Å². The standard InChI is InChI=1S/C17H15ClN4OS/c1-10-7-14(10)15-6-5-13(23-15)9-19-22-16(20-21-17(22)24)11-3-2-4-12(18)8-11/h2-6,8-10,14H,7H2,1H3,(H,21,24)/b19-9-/t10-,14+/m0/s1. The molecule has 2 heterocycles. The molecule has 1 aliphatic carbocycles. The average molecular weight is 359 g/mol. The Morgan fingerprint density at radius 2 is 2.25 bits per heavy atom. The van der Waals surface area contributed by atoms with Gasteiger partial charge in [0.25, 0.3) is 0 Å². The highest BCUT2D eigenvalue weighted by atomic mass is 35.5. The Labute approximate surface area is 149 Å². The Morgan fingerprint density at radius 1 is 1.42 bits per heavy atom. The first-order valence-electron chi connectivity index (χ1n) is 7.69. The molecular formula is C17H15ClN4OS. The van der Waals surface area contributed by atoms with Crippen molar-refractivity contribution in [1.82, 2.24) is 14.9 Å². The number of benzene rings is 1. The minimum Gasteiger partial charge on any atom is -0.460 e. The van der Waals surface area contributed by atoms with Crippen LogP contribution in [0.2, 0.25) is 5.02 Å². The summed E-state index contributed by atoms with van der Waals surface area (Å²) >= 11 is 11.3. The van der Waals surface area contributed by atoms with Crippen molar-refractivity contribution in [2.45, 2.75) is 19.3 Å². The van der Waals surface area contributed by atoms with Gasteiger partial charge in [-0.2, -0.15) is 14.9 Å². The van der Waals surface area contributed by atoms with Gasteiger partial charge >= 0.3 is 0 Å². The average Bonchev–Trinajstić information content (AvgIpc) is 2.97. The fourth-order valence-corrected chi connectivity index (χ4v) is 3.05. The largest absolute Gasteiger partial charge is 0.460 e. The van der Waals surface area contributed by atoms with Gasteiger partial charge < -0.3 is 4.42 Å². The second-order valence-corrected chi connectivity index (χ2v) is 6.80. The van der Waals surface area contributed by atoms with E-state index in [1.807, 2.05) is 36.4 Å². The Bertz CT molecular complexity index is 971. The second kappa shape index (κ2) is 6.03. The fraction of sp³-hybridized carbons (Fsp3) is 0.235. The summed E-state index contributed by atoms with van der Waals surface area (Å²) in [6.45, 7) is 2.23. The molecule has 0 saturated heterocycles. The summed E-state index contributed by atoms with van der Waals surface area (Å²) in [5, 5.41) is 12.0. The molecule has 5 nitrogen and oxygen atoms in total. The fourth-order valence-electron chi connectivity index (χ4n) is 2.68. The number of halogens is 1. The van der Waals surface area contributed by atoms with Crippen molar-refractivity contribution in [1.29, 1.82) is 0 Å². The van der Waals surface area contributed by atoms with Crippen molar-refractivity contribution in [2.75, 3.05) is 0 Å². The molecule has 1 aromatic carbocycles. The molecule has 0 amide bonds. The van der Waals surface area contributed by atoms with E-state index in [4.69, 9.17) is 28.2 Å². The molecular weight excluding hydrogens is 344 g/mol. The van der Waals surface area contributed by atoms with E-state index in [0.29, 0.717) is 33.2 Å². The highest BCUT2D eigenvalue weighted by Crippen LogP contribution is 2.47. The normalized spacial score (nSPS) is 19.9. The van der Waals surface area contributed by atoms with E-state index < -0.39 is 0 Å². The van der Waals surface area contributed by atoms with Crippen LogP contribution in [0.15, 0.2) is 45.9 Å². The van der Waals surface area contributed by atoms with Gasteiger partial charge in [0.15, 0.2) is 5.82 Å². The van der Waals surface area contributed by atoms with Crippen molar-refractivity contribution >= 4 is 30.0 Å². The van der Waals surface area contributed by atoms with Crippen LogP contribution in [0.5, 0.6) is 0 Å². The topological polar surface area (TPSA) is 59.1 Å². The van der Waals surface area contributed by atoms with Gasteiger partial charge in [-0.15, -0.1) is 0 Å². The molecule has 0 spiro atoms. The third-order valence-electron chi connectivity index (χ3n) is 4.16. The third-order valence-corrected chi connectivity index (χ3v) is 4.66. The van der Waals surface area contributed by atoms with Crippen molar-refractivity contribution in [3.8, 4) is 11.4 Å². The van der Waals surface area contributed by atoms with E-state index in [2.05, 4.69) is 22.2 Å². The van der Waals surface area contributed by atoms with Crippen LogP contribution in [-0.4, -0.2) is 21.1 Å². The zero-order chi connectivity index (χ0) is 16.7.